The first-order valence-electron chi connectivity index (χ1n) is 8.47. The number of rotatable bonds is 5. The van der Waals surface area contributed by atoms with E-state index in [0.29, 0.717) is 28.5 Å². The number of fused-ring (bicyclic) bond motifs is 1. The third kappa shape index (κ3) is 3.80. The fourth-order valence-corrected chi connectivity index (χ4v) is 3.07. The zero-order valence-corrected chi connectivity index (χ0v) is 15.1. The smallest absolute Gasteiger partial charge is 0.259 e. The number of carbonyl (C=O) groups excluding carboxylic acids is 1. The number of aromatic nitrogens is 4. The standard InChI is InChI=1S/C20H16ClN5O/c21-17-4-3-16(19-15(17)2-1-9-23-19)20(27)24-18-8-13-26(25-18)12-7-14-5-10-22-11-6-14/h1-6,8-11,13H,7,12H2,(H,24,25,27). The van der Waals surface area contributed by atoms with Crippen LogP contribution in [-0.2, 0) is 13.0 Å². The first kappa shape index (κ1) is 17.2. The summed E-state index contributed by atoms with van der Waals surface area (Å²) in [6.07, 6.45) is 7.87. The second-order valence-electron chi connectivity index (χ2n) is 6.02. The van der Waals surface area contributed by atoms with E-state index in [2.05, 4.69) is 20.4 Å². The summed E-state index contributed by atoms with van der Waals surface area (Å²) in [5, 5.41) is 8.55. The van der Waals surface area contributed by atoms with Crippen molar-refractivity contribution in [1.82, 2.24) is 19.7 Å². The van der Waals surface area contributed by atoms with Gasteiger partial charge >= 0.3 is 0 Å². The highest BCUT2D eigenvalue weighted by Crippen LogP contribution is 2.25. The Balaban J connectivity index is 1.48. The molecule has 0 atom stereocenters. The zero-order valence-electron chi connectivity index (χ0n) is 14.3. The molecule has 0 aliphatic carbocycles. The Kier molecular flexibility index (Phi) is 4.80. The number of nitrogens with one attached hydrogen (secondary N) is 1. The summed E-state index contributed by atoms with van der Waals surface area (Å²) in [6.45, 7) is 0.714. The Bertz CT molecular complexity index is 1090. The molecule has 6 nitrogen and oxygen atoms in total. The van der Waals surface area contributed by atoms with Gasteiger partial charge in [0.15, 0.2) is 5.82 Å². The van der Waals surface area contributed by atoms with Crippen LogP contribution in [0.1, 0.15) is 15.9 Å². The van der Waals surface area contributed by atoms with Crippen LogP contribution in [-0.4, -0.2) is 25.7 Å². The van der Waals surface area contributed by atoms with Crippen molar-refractivity contribution in [1.29, 1.82) is 0 Å². The predicted molar refractivity (Wildman–Crippen MR) is 105 cm³/mol. The monoisotopic (exact) mass is 377 g/mol. The topological polar surface area (TPSA) is 72.7 Å². The molecule has 0 bridgehead atoms. The van der Waals surface area contributed by atoms with Gasteiger partial charge in [-0.25, -0.2) is 0 Å². The van der Waals surface area contributed by atoms with Gasteiger partial charge in [0, 0.05) is 42.8 Å². The number of pyridine rings is 2. The van der Waals surface area contributed by atoms with Crippen molar-refractivity contribution in [3.05, 3.63) is 83.4 Å². The van der Waals surface area contributed by atoms with Crippen LogP contribution in [0.5, 0.6) is 0 Å². The predicted octanol–water partition coefficient (Wildman–Crippen LogP) is 3.97. The van der Waals surface area contributed by atoms with E-state index in [4.69, 9.17) is 11.6 Å². The first-order chi connectivity index (χ1) is 13.2. The molecule has 0 fully saturated rings. The summed E-state index contributed by atoms with van der Waals surface area (Å²) >= 11 is 6.19. The van der Waals surface area contributed by atoms with E-state index in [0.717, 1.165) is 11.8 Å². The van der Waals surface area contributed by atoms with Crippen molar-refractivity contribution in [2.24, 2.45) is 0 Å². The molecule has 3 heterocycles. The molecule has 3 aromatic heterocycles. The molecule has 4 rings (SSSR count). The Morgan fingerprint density at radius 3 is 2.78 bits per heavy atom. The van der Waals surface area contributed by atoms with Crippen molar-refractivity contribution in [2.75, 3.05) is 5.32 Å². The van der Waals surface area contributed by atoms with E-state index in [1.54, 1.807) is 47.5 Å². The summed E-state index contributed by atoms with van der Waals surface area (Å²) in [6, 6.07) is 12.7. The van der Waals surface area contributed by atoms with E-state index in [9.17, 15) is 4.79 Å². The number of halogens is 1. The number of aryl methyl sites for hydroxylation is 2. The molecule has 0 unspecified atom stereocenters. The number of carbonyl (C=O) groups is 1. The van der Waals surface area contributed by atoms with Crippen molar-refractivity contribution in [3.8, 4) is 0 Å². The lowest BCUT2D eigenvalue weighted by molar-refractivity contribution is 0.102. The molecule has 27 heavy (non-hydrogen) atoms. The third-order valence-electron chi connectivity index (χ3n) is 4.22. The van der Waals surface area contributed by atoms with Gasteiger partial charge in [-0.3, -0.25) is 19.4 Å². The fraction of sp³-hybridized carbons (Fsp3) is 0.100. The minimum Gasteiger partial charge on any atom is -0.305 e. The summed E-state index contributed by atoms with van der Waals surface area (Å²) in [5.41, 5.74) is 2.21. The van der Waals surface area contributed by atoms with E-state index in [1.165, 1.54) is 5.56 Å². The molecule has 0 aliphatic heterocycles. The van der Waals surface area contributed by atoms with Crippen LogP contribution in [0, 0.1) is 0 Å². The normalized spacial score (nSPS) is 10.9. The highest BCUT2D eigenvalue weighted by Gasteiger charge is 2.14. The Hall–Kier alpha value is -3.25. The van der Waals surface area contributed by atoms with Gasteiger partial charge in [-0.2, -0.15) is 5.10 Å². The van der Waals surface area contributed by atoms with E-state index in [1.807, 2.05) is 24.4 Å². The van der Waals surface area contributed by atoms with Gasteiger partial charge in [0.2, 0.25) is 0 Å². The minimum atomic E-state index is -0.269. The van der Waals surface area contributed by atoms with Crippen LogP contribution in [0.2, 0.25) is 5.02 Å². The maximum atomic E-state index is 12.7. The van der Waals surface area contributed by atoms with Crippen molar-refractivity contribution < 1.29 is 4.79 Å². The zero-order chi connectivity index (χ0) is 18.6. The summed E-state index contributed by atoms with van der Waals surface area (Å²) in [7, 11) is 0. The van der Waals surface area contributed by atoms with Gasteiger partial charge in [0.1, 0.15) is 0 Å². The second kappa shape index (κ2) is 7.55. The van der Waals surface area contributed by atoms with E-state index in [-0.39, 0.29) is 5.91 Å². The Labute approximate surface area is 160 Å². The third-order valence-corrected chi connectivity index (χ3v) is 4.55. The van der Waals surface area contributed by atoms with Crippen LogP contribution >= 0.6 is 11.6 Å². The van der Waals surface area contributed by atoms with Gasteiger partial charge in [0.05, 0.1) is 16.1 Å². The molecule has 134 valence electrons. The molecule has 1 amide bonds. The number of nitrogens with zero attached hydrogens (tertiary/aromatic N) is 4. The first-order valence-corrected chi connectivity index (χ1v) is 8.85. The van der Waals surface area contributed by atoms with Gasteiger partial charge in [-0.15, -0.1) is 0 Å². The molecule has 4 aromatic rings. The van der Waals surface area contributed by atoms with Gasteiger partial charge in [-0.05, 0) is 48.4 Å². The van der Waals surface area contributed by atoms with Crippen molar-refractivity contribution in [3.63, 3.8) is 0 Å². The number of hydrogen-bond acceptors (Lipinski definition) is 4. The van der Waals surface area contributed by atoms with Gasteiger partial charge < -0.3 is 5.32 Å². The molecule has 1 aromatic carbocycles. The fourth-order valence-electron chi connectivity index (χ4n) is 2.85. The lowest BCUT2D eigenvalue weighted by Crippen LogP contribution is -2.14. The molecule has 0 saturated heterocycles. The molecular weight excluding hydrogens is 362 g/mol. The summed E-state index contributed by atoms with van der Waals surface area (Å²) in [4.78, 5) is 21.0. The second-order valence-corrected chi connectivity index (χ2v) is 6.43. The van der Waals surface area contributed by atoms with Gasteiger partial charge in [0.25, 0.3) is 5.91 Å². The van der Waals surface area contributed by atoms with Crippen LogP contribution in [0.15, 0.2) is 67.3 Å². The molecule has 7 heteroatoms. The SMILES string of the molecule is O=C(Nc1ccn(CCc2ccncc2)n1)c1ccc(Cl)c2cccnc12. The molecule has 0 spiro atoms. The van der Waals surface area contributed by atoms with E-state index >= 15 is 0 Å². The Morgan fingerprint density at radius 2 is 1.93 bits per heavy atom. The van der Waals surface area contributed by atoms with Crippen LogP contribution < -0.4 is 5.32 Å². The highest BCUT2D eigenvalue weighted by molar-refractivity contribution is 6.36. The molecular formula is C20H16ClN5O. The van der Waals surface area contributed by atoms with Crippen molar-refractivity contribution >= 4 is 34.2 Å². The maximum absolute atomic E-state index is 12.7. The summed E-state index contributed by atoms with van der Waals surface area (Å²) in [5.74, 6) is 0.225. The number of hydrogen-bond donors (Lipinski definition) is 1. The maximum Gasteiger partial charge on any atom is 0.259 e. The molecule has 0 radical (unpaired) electrons. The number of anilines is 1. The summed E-state index contributed by atoms with van der Waals surface area (Å²) < 4.78 is 1.80. The lowest BCUT2D eigenvalue weighted by atomic mass is 10.1. The largest absolute Gasteiger partial charge is 0.305 e. The van der Waals surface area contributed by atoms with Crippen LogP contribution in [0.4, 0.5) is 5.82 Å². The minimum absolute atomic E-state index is 0.269. The lowest BCUT2D eigenvalue weighted by Gasteiger charge is -2.07. The van der Waals surface area contributed by atoms with E-state index < -0.39 is 0 Å². The average Bonchev–Trinajstić information content (AvgIpc) is 3.15. The van der Waals surface area contributed by atoms with Crippen LogP contribution in [0.25, 0.3) is 10.9 Å². The quantitative estimate of drug-likeness (QED) is 0.571. The Morgan fingerprint density at radius 1 is 1.07 bits per heavy atom. The van der Waals surface area contributed by atoms with Crippen molar-refractivity contribution in [2.45, 2.75) is 13.0 Å². The number of benzene rings is 1. The highest BCUT2D eigenvalue weighted by atomic mass is 35.5. The average molecular weight is 378 g/mol. The van der Waals surface area contributed by atoms with Crippen LogP contribution in [0.3, 0.4) is 0 Å². The molecule has 0 saturated carbocycles. The number of amides is 1. The van der Waals surface area contributed by atoms with Gasteiger partial charge in [-0.1, -0.05) is 11.6 Å². The molecule has 0 aliphatic rings. The molecule has 1 N–H and O–H groups in total.